The van der Waals surface area contributed by atoms with Crippen molar-refractivity contribution in [1.29, 1.82) is 0 Å². The lowest BCUT2D eigenvalue weighted by atomic mass is 9.81. The zero-order chi connectivity index (χ0) is 14.0. The van der Waals surface area contributed by atoms with Crippen LogP contribution in [0, 0.1) is 0 Å². The third-order valence-corrected chi connectivity index (χ3v) is 4.64. The molecule has 1 atom stereocenters. The SMILES string of the molecule is CSCCN1C(=O)C[C@@](C)(c2ccc(Br)cc2)C1=O. The molecule has 0 aliphatic carbocycles. The van der Waals surface area contributed by atoms with Gasteiger partial charge in [-0.1, -0.05) is 28.1 Å². The van der Waals surface area contributed by atoms with Crippen molar-refractivity contribution in [2.75, 3.05) is 18.6 Å². The number of hydrogen-bond acceptors (Lipinski definition) is 3. The van der Waals surface area contributed by atoms with Gasteiger partial charge in [0.2, 0.25) is 11.8 Å². The average Bonchev–Trinajstić information content (AvgIpc) is 2.60. The average molecular weight is 342 g/mol. The summed E-state index contributed by atoms with van der Waals surface area (Å²) in [5.74, 6) is 0.645. The van der Waals surface area contributed by atoms with Crippen LogP contribution in [-0.2, 0) is 15.0 Å². The highest BCUT2D eigenvalue weighted by Gasteiger charge is 2.48. The van der Waals surface area contributed by atoms with Crippen molar-refractivity contribution >= 4 is 39.5 Å². The Hall–Kier alpha value is -0.810. The number of imide groups is 1. The van der Waals surface area contributed by atoms with Gasteiger partial charge in [0.1, 0.15) is 0 Å². The van der Waals surface area contributed by atoms with Crippen LogP contribution in [0.25, 0.3) is 0 Å². The number of rotatable bonds is 4. The monoisotopic (exact) mass is 341 g/mol. The van der Waals surface area contributed by atoms with Crippen molar-refractivity contribution in [3.05, 3.63) is 34.3 Å². The minimum Gasteiger partial charge on any atom is -0.281 e. The summed E-state index contributed by atoms with van der Waals surface area (Å²) in [6.45, 7) is 2.36. The van der Waals surface area contributed by atoms with E-state index in [0.717, 1.165) is 15.8 Å². The summed E-state index contributed by atoms with van der Waals surface area (Å²) in [5, 5.41) is 0. The highest BCUT2D eigenvalue weighted by atomic mass is 79.9. The van der Waals surface area contributed by atoms with Gasteiger partial charge in [-0.2, -0.15) is 11.8 Å². The molecule has 0 saturated carbocycles. The Balaban J connectivity index is 2.27. The molecule has 1 aliphatic rings. The van der Waals surface area contributed by atoms with Crippen LogP contribution in [0.3, 0.4) is 0 Å². The van der Waals surface area contributed by atoms with E-state index >= 15 is 0 Å². The van der Waals surface area contributed by atoms with Gasteiger partial charge in [-0.15, -0.1) is 0 Å². The molecular formula is C14H16BrNO2S. The number of likely N-dealkylation sites (tertiary alicyclic amines) is 1. The first-order chi connectivity index (χ1) is 8.99. The van der Waals surface area contributed by atoms with Gasteiger partial charge in [-0.3, -0.25) is 14.5 Å². The number of carbonyl (C=O) groups is 2. The van der Waals surface area contributed by atoms with Gasteiger partial charge in [0, 0.05) is 23.2 Å². The summed E-state index contributed by atoms with van der Waals surface area (Å²) in [6.07, 6.45) is 2.24. The molecule has 1 fully saturated rings. The second kappa shape index (κ2) is 5.67. The minimum absolute atomic E-state index is 0.0653. The predicted octanol–water partition coefficient (Wildman–Crippen LogP) is 2.83. The van der Waals surface area contributed by atoms with Crippen LogP contribution in [0.5, 0.6) is 0 Å². The second-order valence-electron chi connectivity index (χ2n) is 4.86. The number of halogens is 1. The van der Waals surface area contributed by atoms with E-state index in [2.05, 4.69) is 15.9 Å². The van der Waals surface area contributed by atoms with E-state index in [1.54, 1.807) is 11.8 Å². The van der Waals surface area contributed by atoms with Gasteiger partial charge in [-0.25, -0.2) is 0 Å². The van der Waals surface area contributed by atoms with E-state index in [4.69, 9.17) is 0 Å². The first kappa shape index (κ1) is 14.6. The van der Waals surface area contributed by atoms with Crippen LogP contribution in [0.2, 0.25) is 0 Å². The van der Waals surface area contributed by atoms with Crippen molar-refractivity contribution in [1.82, 2.24) is 4.90 Å². The van der Waals surface area contributed by atoms with E-state index in [1.165, 1.54) is 4.90 Å². The fraction of sp³-hybridized carbons (Fsp3) is 0.429. The number of nitrogens with zero attached hydrogens (tertiary/aromatic N) is 1. The summed E-state index contributed by atoms with van der Waals surface area (Å²) in [5.41, 5.74) is 0.191. The quantitative estimate of drug-likeness (QED) is 0.790. The largest absolute Gasteiger partial charge is 0.281 e. The number of thioether (sulfide) groups is 1. The van der Waals surface area contributed by atoms with Crippen molar-refractivity contribution in [3.63, 3.8) is 0 Å². The lowest BCUT2D eigenvalue weighted by molar-refractivity contribution is -0.139. The van der Waals surface area contributed by atoms with Crippen molar-refractivity contribution in [2.45, 2.75) is 18.8 Å². The second-order valence-corrected chi connectivity index (χ2v) is 6.76. The highest BCUT2D eigenvalue weighted by molar-refractivity contribution is 9.10. The van der Waals surface area contributed by atoms with Crippen molar-refractivity contribution in [3.8, 4) is 0 Å². The van der Waals surface area contributed by atoms with Crippen LogP contribution in [-0.4, -0.2) is 35.3 Å². The molecule has 0 radical (unpaired) electrons. The molecule has 0 bridgehead atoms. The van der Waals surface area contributed by atoms with Gasteiger partial charge in [0.05, 0.1) is 5.41 Å². The predicted molar refractivity (Wildman–Crippen MR) is 81.2 cm³/mol. The van der Waals surface area contributed by atoms with Crippen LogP contribution >= 0.6 is 27.7 Å². The molecule has 0 unspecified atom stereocenters. The molecule has 1 aromatic rings. The van der Waals surface area contributed by atoms with Gasteiger partial charge in [-0.05, 0) is 30.9 Å². The zero-order valence-electron chi connectivity index (χ0n) is 11.0. The molecule has 102 valence electrons. The smallest absolute Gasteiger partial charge is 0.240 e. The standard InChI is InChI=1S/C14H16BrNO2S/c1-14(10-3-5-11(15)6-4-10)9-12(17)16(13(14)18)7-8-19-2/h3-6H,7-9H2,1-2H3/t14-/m0/s1. The Morgan fingerprint density at radius 2 is 1.95 bits per heavy atom. The number of amides is 2. The normalized spacial score (nSPS) is 23.2. The van der Waals surface area contributed by atoms with E-state index in [9.17, 15) is 9.59 Å². The van der Waals surface area contributed by atoms with E-state index < -0.39 is 5.41 Å². The molecule has 2 rings (SSSR count). The van der Waals surface area contributed by atoms with E-state index in [0.29, 0.717) is 6.54 Å². The zero-order valence-corrected chi connectivity index (χ0v) is 13.4. The molecule has 1 heterocycles. The summed E-state index contributed by atoms with van der Waals surface area (Å²) < 4.78 is 0.968. The van der Waals surface area contributed by atoms with Gasteiger partial charge in [0.15, 0.2) is 0 Å². The molecule has 1 saturated heterocycles. The van der Waals surface area contributed by atoms with Crippen LogP contribution < -0.4 is 0 Å². The molecule has 3 nitrogen and oxygen atoms in total. The number of hydrogen-bond donors (Lipinski definition) is 0. The van der Waals surface area contributed by atoms with Crippen molar-refractivity contribution in [2.24, 2.45) is 0 Å². The molecule has 0 aromatic heterocycles. The Bertz CT molecular complexity index is 503. The fourth-order valence-electron chi connectivity index (χ4n) is 2.34. The van der Waals surface area contributed by atoms with Crippen LogP contribution in [0.15, 0.2) is 28.7 Å². The maximum atomic E-state index is 12.5. The third kappa shape index (κ3) is 2.72. The first-order valence-electron chi connectivity index (χ1n) is 6.09. The molecular weight excluding hydrogens is 326 g/mol. The van der Waals surface area contributed by atoms with Crippen LogP contribution in [0.1, 0.15) is 18.9 Å². The topological polar surface area (TPSA) is 37.4 Å². The lowest BCUT2D eigenvalue weighted by Gasteiger charge is -2.22. The Morgan fingerprint density at radius 3 is 2.53 bits per heavy atom. The maximum Gasteiger partial charge on any atom is 0.240 e. The molecule has 1 aliphatic heterocycles. The molecule has 2 amide bonds. The fourth-order valence-corrected chi connectivity index (χ4v) is 2.97. The summed E-state index contributed by atoms with van der Waals surface area (Å²) in [6, 6.07) is 7.63. The number of benzene rings is 1. The molecule has 0 N–H and O–H groups in total. The maximum absolute atomic E-state index is 12.5. The Kier molecular flexibility index (Phi) is 4.36. The molecule has 19 heavy (non-hydrogen) atoms. The first-order valence-corrected chi connectivity index (χ1v) is 8.27. The summed E-state index contributed by atoms with van der Waals surface area (Å²) in [7, 11) is 0. The number of carbonyl (C=O) groups excluding carboxylic acids is 2. The summed E-state index contributed by atoms with van der Waals surface area (Å²) in [4.78, 5) is 25.9. The van der Waals surface area contributed by atoms with Gasteiger partial charge in [0.25, 0.3) is 0 Å². The molecule has 1 aromatic carbocycles. The Labute approximate surface area is 125 Å². The van der Waals surface area contributed by atoms with Crippen molar-refractivity contribution < 1.29 is 9.59 Å². The molecule has 5 heteroatoms. The van der Waals surface area contributed by atoms with Gasteiger partial charge < -0.3 is 0 Å². The lowest BCUT2D eigenvalue weighted by Crippen LogP contribution is -2.37. The summed E-state index contributed by atoms with van der Waals surface area (Å²) >= 11 is 5.02. The minimum atomic E-state index is -0.712. The Morgan fingerprint density at radius 1 is 1.32 bits per heavy atom. The highest BCUT2D eigenvalue weighted by Crippen LogP contribution is 2.36. The van der Waals surface area contributed by atoms with Gasteiger partial charge >= 0.3 is 0 Å². The van der Waals surface area contributed by atoms with E-state index in [1.807, 2.05) is 37.4 Å². The van der Waals surface area contributed by atoms with E-state index in [-0.39, 0.29) is 18.2 Å². The third-order valence-electron chi connectivity index (χ3n) is 3.52. The molecule has 0 spiro atoms. The van der Waals surface area contributed by atoms with Crippen LogP contribution in [0.4, 0.5) is 0 Å².